The highest BCUT2D eigenvalue weighted by molar-refractivity contribution is 7.92. The fourth-order valence-corrected chi connectivity index (χ4v) is 2.73. The highest BCUT2D eigenvalue weighted by atomic mass is 35.5. The van der Waals surface area contributed by atoms with Crippen molar-refractivity contribution < 1.29 is 13.3 Å². The highest BCUT2D eigenvalue weighted by Gasteiger charge is 2.15. The Bertz CT molecular complexity index is 840. The number of nitro groups is 1. The summed E-state index contributed by atoms with van der Waals surface area (Å²) in [5, 5.41) is 14.2. The second-order valence-corrected chi connectivity index (χ2v) is 6.99. The second kappa shape index (κ2) is 6.84. The lowest BCUT2D eigenvalue weighted by atomic mass is 10.1. The number of halogens is 1. The molecular formula is C14H14ClN3O4S. The fraction of sp³-hybridized carbons (Fsp3) is 0.143. The third-order valence-corrected chi connectivity index (χ3v) is 3.76. The molecule has 0 radical (unpaired) electrons. The summed E-state index contributed by atoms with van der Waals surface area (Å²) in [6, 6.07) is 11.1. The van der Waals surface area contributed by atoms with Gasteiger partial charge in [-0.2, -0.15) is 0 Å². The van der Waals surface area contributed by atoms with Gasteiger partial charge in [-0.1, -0.05) is 29.8 Å². The lowest BCUT2D eigenvalue weighted by molar-refractivity contribution is -0.383. The van der Waals surface area contributed by atoms with E-state index in [9.17, 15) is 18.5 Å². The highest BCUT2D eigenvalue weighted by Crippen LogP contribution is 2.28. The van der Waals surface area contributed by atoms with Gasteiger partial charge in [-0.05, 0) is 23.8 Å². The minimum atomic E-state index is -3.41. The van der Waals surface area contributed by atoms with Crippen molar-refractivity contribution in [3.8, 4) is 0 Å². The molecule has 23 heavy (non-hydrogen) atoms. The van der Waals surface area contributed by atoms with Crippen molar-refractivity contribution in [2.75, 3.05) is 16.3 Å². The maximum absolute atomic E-state index is 11.4. The van der Waals surface area contributed by atoms with Crippen LogP contribution in [0.3, 0.4) is 0 Å². The zero-order valence-corrected chi connectivity index (χ0v) is 13.7. The van der Waals surface area contributed by atoms with Gasteiger partial charge >= 0.3 is 0 Å². The molecule has 0 fully saturated rings. The molecule has 0 spiro atoms. The maximum Gasteiger partial charge on any atom is 0.293 e. The Morgan fingerprint density at radius 2 is 1.87 bits per heavy atom. The van der Waals surface area contributed by atoms with Gasteiger partial charge in [-0.15, -0.1) is 0 Å². The smallest absolute Gasteiger partial charge is 0.293 e. The van der Waals surface area contributed by atoms with Crippen LogP contribution < -0.4 is 10.0 Å². The zero-order chi connectivity index (χ0) is 17.0. The Labute approximate surface area is 138 Å². The minimum Gasteiger partial charge on any atom is -0.375 e. The summed E-state index contributed by atoms with van der Waals surface area (Å²) in [6.07, 6.45) is 1.06. The Balaban J connectivity index is 2.24. The molecule has 2 aromatic rings. The molecule has 0 saturated carbocycles. The number of rotatable bonds is 6. The Hall–Kier alpha value is -2.32. The van der Waals surface area contributed by atoms with Crippen LogP contribution in [0.15, 0.2) is 42.5 Å². The molecular weight excluding hydrogens is 342 g/mol. The van der Waals surface area contributed by atoms with Crippen molar-refractivity contribution in [2.45, 2.75) is 6.54 Å². The molecule has 2 N–H and O–H groups in total. The van der Waals surface area contributed by atoms with Gasteiger partial charge in [-0.25, -0.2) is 8.42 Å². The SMILES string of the molecule is CS(=O)(=O)Nc1ccccc1CNc1ccc(Cl)cc1[N+](=O)[O-]. The summed E-state index contributed by atoms with van der Waals surface area (Å²) in [4.78, 5) is 10.5. The van der Waals surface area contributed by atoms with E-state index in [-0.39, 0.29) is 17.3 Å². The largest absolute Gasteiger partial charge is 0.375 e. The van der Waals surface area contributed by atoms with Crippen LogP contribution in [-0.4, -0.2) is 19.6 Å². The lowest BCUT2D eigenvalue weighted by Crippen LogP contribution is -2.12. The van der Waals surface area contributed by atoms with Crippen molar-refractivity contribution in [1.29, 1.82) is 0 Å². The van der Waals surface area contributed by atoms with Crippen LogP contribution in [0.1, 0.15) is 5.56 Å². The van der Waals surface area contributed by atoms with E-state index in [1.54, 1.807) is 24.3 Å². The summed E-state index contributed by atoms with van der Waals surface area (Å²) in [5.74, 6) is 0. The average Bonchev–Trinajstić information content (AvgIpc) is 2.45. The molecule has 2 aromatic carbocycles. The number of benzene rings is 2. The van der Waals surface area contributed by atoms with Crippen molar-refractivity contribution in [1.82, 2.24) is 0 Å². The average molecular weight is 356 g/mol. The lowest BCUT2D eigenvalue weighted by Gasteiger charge is -2.12. The fourth-order valence-electron chi connectivity index (χ4n) is 1.97. The summed E-state index contributed by atoms with van der Waals surface area (Å²) in [6.45, 7) is 0.209. The molecule has 7 nitrogen and oxygen atoms in total. The number of sulfonamides is 1. The molecule has 0 bridgehead atoms. The van der Waals surface area contributed by atoms with Crippen LogP contribution in [0.2, 0.25) is 5.02 Å². The number of anilines is 2. The van der Waals surface area contributed by atoms with E-state index in [1.807, 2.05) is 0 Å². The molecule has 2 rings (SSSR count). The minimum absolute atomic E-state index is 0.147. The van der Waals surface area contributed by atoms with Gasteiger partial charge in [0.15, 0.2) is 0 Å². The zero-order valence-electron chi connectivity index (χ0n) is 12.1. The summed E-state index contributed by atoms with van der Waals surface area (Å²) >= 11 is 5.77. The molecule has 9 heteroatoms. The molecule has 0 aliphatic heterocycles. The molecule has 0 saturated heterocycles. The van der Waals surface area contributed by atoms with Crippen LogP contribution in [0.4, 0.5) is 17.1 Å². The molecule has 122 valence electrons. The van der Waals surface area contributed by atoms with Crippen LogP contribution in [0, 0.1) is 10.1 Å². The summed E-state index contributed by atoms with van der Waals surface area (Å²) in [5.41, 5.74) is 1.22. The van der Waals surface area contributed by atoms with Crippen LogP contribution in [0.5, 0.6) is 0 Å². The van der Waals surface area contributed by atoms with E-state index in [4.69, 9.17) is 11.6 Å². The standard InChI is InChI=1S/C14H14ClN3O4S/c1-23(21,22)17-12-5-3-2-4-10(12)9-16-13-7-6-11(15)8-14(13)18(19)20/h2-8,16-17H,9H2,1H3. The number of para-hydroxylation sites is 1. The Morgan fingerprint density at radius 1 is 1.17 bits per heavy atom. The molecule has 0 aliphatic carbocycles. The molecule has 0 atom stereocenters. The van der Waals surface area contributed by atoms with E-state index in [2.05, 4.69) is 10.0 Å². The van der Waals surface area contributed by atoms with E-state index in [1.165, 1.54) is 18.2 Å². The second-order valence-electron chi connectivity index (χ2n) is 4.80. The third-order valence-electron chi connectivity index (χ3n) is 2.94. The molecule has 0 aliphatic rings. The van der Waals surface area contributed by atoms with Gasteiger partial charge in [0.1, 0.15) is 5.69 Å². The predicted molar refractivity (Wildman–Crippen MR) is 90.3 cm³/mol. The van der Waals surface area contributed by atoms with Crippen LogP contribution in [0.25, 0.3) is 0 Å². The van der Waals surface area contributed by atoms with Gasteiger partial charge < -0.3 is 5.32 Å². The number of nitrogens with zero attached hydrogens (tertiary/aromatic N) is 1. The molecule has 0 heterocycles. The van der Waals surface area contributed by atoms with Gasteiger partial charge in [0.2, 0.25) is 10.0 Å². The first-order chi connectivity index (χ1) is 10.8. The summed E-state index contributed by atoms with van der Waals surface area (Å²) < 4.78 is 25.2. The summed E-state index contributed by atoms with van der Waals surface area (Å²) in [7, 11) is -3.41. The first kappa shape index (κ1) is 17.0. The van der Waals surface area contributed by atoms with Crippen molar-refractivity contribution in [3.05, 3.63) is 63.2 Å². The van der Waals surface area contributed by atoms with Gasteiger partial charge in [0.05, 0.1) is 16.9 Å². The van der Waals surface area contributed by atoms with Gasteiger partial charge in [-0.3, -0.25) is 14.8 Å². The number of nitrogens with one attached hydrogen (secondary N) is 2. The van der Waals surface area contributed by atoms with E-state index in [0.717, 1.165) is 6.26 Å². The number of hydrogen-bond acceptors (Lipinski definition) is 5. The predicted octanol–water partition coefficient (Wildman–Crippen LogP) is 3.23. The van der Waals surface area contributed by atoms with Crippen LogP contribution >= 0.6 is 11.6 Å². The van der Waals surface area contributed by atoms with E-state index >= 15 is 0 Å². The number of nitro benzene ring substituents is 1. The molecule has 0 aromatic heterocycles. The van der Waals surface area contributed by atoms with Gasteiger partial charge in [0.25, 0.3) is 5.69 Å². The number of hydrogen-bond donors (Lipinski definition) is 2. The first-order valence-electron chi connectivity index (χ1n) is 6.50. The van der Waals surface area contributed by atoms with Crippen LogP contribution in [-0.2, 0) is 16.6 Å². The van der Waals surface area contributed by atoms with Crippen molar-refractivity contribution in [2.24, 2.45) is 0 Å². The van der Waals surface area contributed by atoms with E-state index in [0.29, 0.717) is 16.9 Å². The quantitative estimate of drug-likeness (QED) is 0.611. The molecule has 0 unspecified atom stereocenters. The maximum atomic E-state index is 11.4. The first-order valence-corrected chi connectivity index (χ1v) is 8.77. The van der Waals surface area contributed by atoms with Crippen molar-refractivity contribution >= 4 is 38.7 Å². The third kappa shape index (κ3) is 4.83. The monoisotopic (exact) mass is 355 g/mol. The van der Waals surface area contributed by atoms with E-state index < -0.39 is 14.9 Å². The normalized spacial score (nSPS) is 11.0. The Kier molecular flexibility index (Phi) is 5.07. The van der Waals surface area contributed by atoms with Crippen molar-refractivity contribution in [3.63, 3.8) is 0 Å². The topological polar surface area (TPSA) is 101 Å². The Morgan fingerprint density at radius 3 is 2.52 bits per heavy atom. The molecule has 0 amide bonds. The van der Waals surface area contributed by atoms with Gasteiger partial charge in [0, 0.05) is 17.6 Å².